The standard InChI is InChI=1S/C19H18FNO3/c1-11-4-5-12(2)16(8-11)21-18(23)19(3)10-13-9-14(20)6-7-15(13)17(22)24-19/h4-9H,10H2,1-3H3,(H,21,23). The maximum Gasteiger partial charge on any atom is 0.339 e. The maximum atomic E-state index is 13.5. The number of carbonyl (C=O) groups excluding carboxylic acids is 2. The summed E-state index contributed by atoms with van der Waals surface area (Å²) in [4.78, 5) is 24.9. The average Bonchev–Trinajstić information content (AvgIpc) is 2.50. The maximum absolute atomic E-state index is 13.5. The fourth-order valence-corrected chi connectivity index (χ4v) is 2.82. The number of rotatable bonds is 2. The highest BCUT2D eigenvalue weighted by atomic mass is 19.1. The van der Waals surface area contributed by atoms with Gasteiger partial charge in [-0.1, -0.05) is 12.1 Å². The summed E-state index contributed by atoms with van der Waals surface area (Å²) >= 11 is 0. The second-order valence-corrected chi connectivity index (χ2v) is 6.37. The molecule has 0 radical (unpaired) electrons. The van der Waals surface area contributed by atoms with Crippen molar-refractivity contribution in [2.75, 3.05) is 5.32 Å². The van der Waals surface area contributed by atoms with Crippen molar-refractivity contribution in [3.8, 4) is 0 Å². The van der Waals surface area contributed by atoms with Crippen LogP contribution in [0.1, 0.15) is 34.0 Å². The third kappa shape index (κ3) is 2.89. The molecule has 2 aromatic rings. The highest BCUT2D eigenvalue weighted by molar-refractivity contribution is 6.02. The molecule has 2 aromatic carbocycles. The van der Waals surface area contributed by atoms with Crippen LogP contribution in [0.25, 0.3) is 0 Å². The van der Waals surface area contributed by atoms with Crippen molar-refractivity contribution < 1.29 is 18.7 Å². The highest BCUT2D eigenvalue weighted by Gasteiger charge is 2.43. The van der Waals surface area contributed by atoms with Crippen molar-refractivity contribution in [1.82, 2.24) is 0 Å². The number of hydrogen-bond donors (Lipinski definition) is 1. The van der Waals surface area contributed by atoms with Crippen LogP contribution in [0.4, 0.5) is 10.1 Å². The number of fused-ring (bicyclic) bond motifs is 1. The number of amides is 1. The molecule has 4 nitrogen and oxygen atoms in total. The van der Waals surface area contributed by atoms with Crippen molar-refractivity contribution in [2.24, 2.45) is 0 Å². The number of carbonyl (C=O) groups is 2. The highest BCUT2D eigenvalue weighted by Crippen LogP contribution is 2.30. The van der Waals surface area contributed by atoms with E-state index in [9.17, 15) is 14.0 Å². The molecule has 0 saturated heterocycles. The molecule has 0 saturated carbocycles. The fourth-order valence-electron chi connectivity index (χ4n) is 2.82. The second kappa shape index (κ2) is 5.74. The van der Waals surface area contributed by atoms with Crippen LogP contribution in [0.15, 0.2) is 36.4 Å². The van der Waals surface area contributed by atoms with Crippen LogP contribution in [-0.4, -0.2) is 17.5 Å². The van der Waals surface area contributed by atoms with Gasteiger partial charge in [-0.15, -0.1) is 0 Å². The summed E-state index contributed by atoms with van der Waals surface area (Å²) in [6, 6.07) is 9.58. The topological polar surface area (TPSA) is 55.4 Å². The Balaban J connectivity index is 1.89. The minimum absolute atomic E-state index is 0.128. The first kappa shape index (κ1) is 16.2. The first-order chi connectivity index (χ1) is 11.3. The Kier molecular flexibility index (Phi) is 3.87. The molecular weight excluding hydrogens is 309 g/mol. The van der Waals surface area contributed by atoms with E-state index in [-0.39, 0.29) is 6.42 Å². The molecule has 0 bridgehead atoms. The number of hydrogen-bond acceptors (Lipinski definition) is 3. The third-order valence-corrected chi connectivity index (χ3v) is 4.25. The Hall–Kier alpha value is -2.69. The number of benzene rings is 2. The van der Waals surface area contributed by atoms with Crippen LogP contribution >= 0.6 is 0 Å². The van der Waals surface area contributed by atoms with Gasteiger partial charge in [-0.05, 0) is 61.7 Å². The number of cyclic esters (lactones) is 1. The van der Waals surface area contributed by atoms with E-state index in [1.807, 2.05) is 32.0 Å². The number of nitrogens with one attached hydrogen (secondary N) is 1. The molecule has 1 unspecified atom stereocenters. The molecule has 1 N–H and O–H groups in total. The van der Waals surface area contributed by atoms with Gasteiger partial charge in [0.25, 0.3) is 5.91 Å². The van der Waals surface area contributed by atoms with E-state index in [1.54, 1.807) is 6.92 Å². The summed E-state index contributed by atoms with van der Waals surface area (Å²) in [5.41, 5.74) is 1.98. The average molecular weight is 327 g/mol. The summed E-state index contributed by atoms with van der Waals surface area (Å²) in [5, 5.41) is 2.82. The number of ether oxygens (including phenoxy) is 1. The van der Waals surface area contributed by atoms with Crippen LogP contribution in [0, 0.1) is 19.7 Å². The van der Waals surface area contributed by atoms with E-state index in [0.29, 0.717) is 16.8 Å². The molecule has 3 rings (SSSR count). The van der Waals surface area contributed by atoms with E-state index in [1.165, 1.54) is 18.2 Å². The van der Waals surface area contributed by atoms with Crippen LogP contribution in [0.5, 0.6) is 0 Å². The van der Waals surface area contributed by atoms with E-state index >= 15 is 0 Å². The lowest BCUT2D eigenvalue weighted by atomic mass is 9.89. The molecule has 1 atom stereocenters. The normalized spacial score (nSPS) is 19.4. The zero-order chi connectivity index (χ0) is 17.5. The molecule has 5 heteroatoms. The molecule has 0 spiro atoms. The van der Waals surface area contributed by atoms with Crippen LogP contribution in [0.3, 0.4) is 0 Å². The largest absolute Gasteiger partial charge is 0.445 e. The van der Waals surface area contributed by atoms with E-state index in [4.69, 9.17) is 4.74 Å². The molecule has 124 valence electrons. The zero-order valence-corrected chi connectivity index (χ0v) is 13.8. The molecule has 0 aromatic heterocycles. The number of anilines is 1. The Morgan fingerprint density at radius 2 is 1.96 bits per heavy atom. The summed E-state index contributed by atoms with van der Waals surface area (Å²) in [7, 11) is 0. The van der Waals surface area contributed by atoms with Gasteiger partial charge in [0.05, 0.1) is 5.56 Å². The van der Waals surface area contributed by atoms with Gasteiger partial charge >= 0.3 is 5.97 Å². The summed E-state index contributed by atoms with van der Waals surface area (Å²) in [6.45, 7) is 5.35. The Labute approximate surface area is 139 Å². The molecule has 24 heavy (non-hydrogen) atoms. The van der Waals surface area contributed by atoms with Crippen LogP contribution in [-0.2, 0) is 16.0 Å². The van der Waals surface area contributed by atoms with Gasteiger partial charge in [-0.3, -0.25) is 4.79 Å². The summed E-state index contributed by atoms with van der Waals surface area (Å²) in [5.74, 6) is -1.49. The SMILES string of the molecule is Cc1ccc(C)c(NC(=O)C2(C)Cc3cc(F)ccc3C(=O)O2)c1. The van der Waals surface area contributed by atoms with Gasteiger partial charge < -0.3 is 10.1 Å². The smallest absolute Gasteiger partial charge is 0.339 e. The molecular formula is C19H18FNO3. The molecule has 0 aliphatic carbocycles. The lowest BCUT2D eigenvalue weighted by Crippen LogP contribution is -2.49. The summed E-state index contributed by atoms with van der Waals surface area (Å²) in [6.07, 6.45) is 0.128. The summed E-state index contributed by atoms with van der Waals surface area (Å²) < 4.78 is 18.8. The lowest BCUT2D eigenvalue weighted by Gasteiger charge is -2.33. The van der Waals surface area contributed by atoms with Crippen molar-refractivity contribution in [3.05, 3.63) is 64.5 Å². The van der Waals surface area contributed by atoms with Crippen molar-refractivity contribution in [1.29, 1.82) is 0 Å². The van der Waals surface area contributed by atoms with E-state index in [2.05, 4.69) is 5.32 Å². The Morgan fingerprint density at radius 3 is 2.71 bits per heavy atom. The van der Waals surface area contributed by atoms with Gasteiger partial charge in [0.2, 0.25) is 0 Å². The molecule has 1 amide bonds. The van der Waals surface area contributed by atoms with Crippen molar-refractivity contribution in [2.45, 2.75) is 32.8 Å². The first-order valence-corrected chi connectivity index (χ1v) is 7.69. The van der Waals surface area contributed by atoms with Gasteiger partial charge in [0, 0.05) is 12.1 Å². The molecule has 0 fully saturated rings. The first-order valence-electron chi connectivity index (χ1n) is 7.69. The Bertz CT molecular complexity index is 847. The van der Waals surface area contributed by atoms with Gasteiger partial charge in [-0.2, -0.15) is 0 Å². The van der Waals surface area contributed by atoms with Crippen LogP contribution < -0.4 is 5.32 Å². The predicted octanol–water partition coefficient (Wildman–Crippen LogP) is 3.55. The molecule has 1 aliphatic rings. The zero-order valence-electron chi connectivity index (χ0n) is 13.8. The quantitative estimate of drug-likeness (QED) is 0.858. The number of halogens is 1. The van der Waals surface area contributed by atoms with E-state index in [0.717, 1.165) is 11.1 Å². The second-order valence-electron chi connectivity index (χ2n) is 6.37. The van der Waals surface area contributed by atoms with Gasteiger partial charge in [0.1, 0.15) is 5.82 Å². The number of aryl methyl sites for hydroxylation is 2. The molecule has 1 heterocycles. The Morgan fingerprint density at radius 1 is 1.21 bits per heavy atom. The third-order valence-electron chi connectivity index (χ3n) is 4.25. The monoisotopic (exact) mass is 327 g/mol. The minimum atomic E-state index is -1.38. The van der Waals surface area contributed by atoms with Crippen molar-refractivity contribution >= 4 is 17.6 Å². The van der Waals surface area contributed by atoms with Crippen LogP contribution in [0.2, 0.25) is 0 Å². The van der Waals surface area contributed by atoms with Gasteiger partial charge in [0.15, 0.2) is 5.60 Å². The minimum Gasteiger partial charge on any atom is -0.445 e. The number of esters is 1. The fraction of sp³-hybridized carbons (Fsp3) is 0.263. The molecule has 1 aliphatic heterocycles. The van der Waals surface area contributed by atoms with Gasteiger partial charge in [-0.25, -0.2) is 9.18 Å². The predicted molar refractivity (Wildman–Crippen MR) is 88.5 cm³/mol. The lowest BCUT2D eigenvalue weighted by molar-refractivity contribution is -0.134. The van der Waals surface area contributed by atoms with E-state index < -0.39 is 23.3 Å². The van der Waals surface area contributed by atoms with Crippen molar-refractivity contribution in [3.63, 3.8) is 0 Å².